The lowest BCUT2D eigenvalue weighted by Gasteiger charge is -2.11. The first-order valence-electron chi connectivity index (χ1n) is 10.3. The van der Waals surface area contributed by atoms with Gasteiger partial charge in [0.15, 0.2) is 0 Å². The first-order valence-corrected chi connectivity index (χ1v) is 10.3. The summed E-state index contributed by atoms with van der Waals surface area (Å²) in [5, 5.41) is 2.97. The zero-order chi connectivity index (χ0) is 22.5. The van der Waals surface area contributed by atoms with Gasteiger partial charge in [0, 0.05) is 36.0 Å². The average Bonchev–Trinajstić information content (AvgIpc) is 2.90. The lowest BCUT2D eigenvalue weighted by molar-refractivity contribution is 0.102. The van der Waals surface area contributed by atoms with Gasteiger partial charge in [-0.25, -0.2) is 4.98 Å². The minimum Gasteiger partial charge on any atom is -0.322 e. The Balaban J connectivity index is 1.50. The van der Waals surface area contributed by atoms with E-state index in [0.29, 0.717) is 45.4 Å². The molecule has 0 atom stereocenters. The van der Waals surface area contributed by atoms with Gasteiger partial charge in [-0.1, -0.05) is 18.2 Å². The smallest absolute Gasteiger partial charge is 0.255 e. The van der Waals surface area contributed by atoms with Crippen molar-refractivity contribution in [2.24, 2.45) is 0 Å². The summed E-state index contributed by atoms with van der Waals surface area (Å²) in [5.74, 6) is -0.264. The second kappa shape index (κ2) is 9.15. The summed E-state index contributed by atoms with van der Waals surface area (Å²) >= 11 is 0. The quantitative estimate of drug-likeness (QED) is 0.426. The molecule has 5 aromatic rings. The lowest BCUT2D eigenvalue weighted by Crippen LogP contribution is -2.13. The molecule has 0 aliphatic carbocycles. The molecule has 1 amide bonds. The van der Waals surface area contributed by atoms with Crippen LogP contribution in [0.2, 0.25) is 0 Å². The van der Waals surface area contributed by atoms with Crippen LogP contribution in [0.5, 0.6) is 0 Å². The van der Waals surface area contributed by atoms with Crippen molar-refractivity contribution >= 4 is 11.6 Å². The van der Waals surface area contributed by atoms with E-state index in [2.05, 4.69) is 25.3 Å². The number of hydrogen-bond donors (Lipinski definition) is 1. The number of pyridine rings is 5. The molecular weight excluding hydrogens is 412 g/mol. The summed E-state index contributed by atoms with van der Waals surface area (Å²) in [7, 11) is 0. The van der Waals surface area contributed by atoms with Gasteiger partial charge in [-0.2, -0.15) is 0 Å². The molecule has 0 unspecified atom stereocenters. The van der Waals surface area contributed by atoms with Crippen molar-refractivity contribution in [2.45, 2.75) is 0 Å². The molecule has 5 heterocycles. The second-order valence-corrected chi connectivity index (χ2v) is 7.16. The van der Waals surface area contributed by atoms with E-state index in [4.69, 9.17) is 4.98 Å². The molecule has 0 aliphatic heterocycles. The normalized spacial score (nSPS) is 10.5. The molecule has 0 fully saturated rings. The third-order valence-corrected chi connectivity index (χ3v) is 4.89. The lowest BCUT2D eigenvalue weighted by atomic mass is 10.1. The molecule has 0 saturated heterocycles. The van der Waals surface area contributed by atoms with Gasteiger partial charge in [0.1, 0.15) is 0 Å². The minimum absolute atomic E-state index is 0.264. The van der Waals surface area contributed by atoms with E-state index < -0.39 is 0 Å². The van der Waals surface area contributed by atoms with Crippen molar-refractivity contribution in [1.82, 2.24) is 24.9 Å². The van der Waals surface area contributed by atoms with Crippen molar-refractivity contribution in [3.05, 3.63) is 109 Å². The maximum atomic E-state index is 13.1. The van der Waals surface area contributed by atoms with Crippen LogP contribution in [0.15, 0.2) is 104 Å². The summed E-state index contributed by atoms with van der Waals surface area (Å²) < 4.78 is 0. The zero-order valence-electron chi connectivity index (χ0n) is 17.5. The van der Waals surface area contributed by atoms with Gasteiger partial charge in [-0.3, -0.25) is 24.7 Å². The SMILES string of the molecule is O=C(Nc1cc(-c2ccccn2)nc(-c2ccccn2)c1)c1ccnc(-c2ccccn2)c1. The number of rotatable bonds is 5. The van der Waals surface area contributed by atoms with Crippen LogP contribution >= 0.6 is 0 Å². The van der Waals surface area contributed by atoms with Crippen molar-refractivity contribution in [3.8, 4) is 34.2 Å². The van der Waals surface area contributed by atoms with Crippen molar-refractivity contribution in [2.75, 3.05) is 5.32 Å². The Morgan fingerprint density at radius 3 is 1.58 bits per heavy atom. The molecule has 5 aromatic heterocycles. The van der Waals surface area contributed by atoms with Gasteiger partial charge in [0.05, 0.1) is 34.2 Å². The predicted octanol–water partition coefficient (Wildman–Crippen LogP) is 4.91. The van der Waals surface area contributed by atoms with E-state index in [1.54, 1.807) is 49.1 Å². The standard InChI is InChI=1S/C26H18N6O/c33-26(18-10-14-30-23(15-18)20-7-1-4-11-27-20)31-19-16-24(21-8-2-5-12-28-21)32-25(17-19)22-9-3-6-13-29-22/h1-17H,(H,31,32,33). The van der Waals surface area contributed by atoms with Gasteiger partial charge in [0.2, 0.25) is 0 Å². The molecule has 33 heavy (non-hydrogen) atoms. The van der Waals surface area contributed by atoms with Gasteiger partial charge in [0.25, 0.3) is 5.91 Å². The Bertz CT molecular complexity index is 1330. The molecule has 0 saturated carbocycles. The molecule has 0 spiro atoms. The van der Waals surface area contributed by atoms with Crippen LogP contribution in [-0.4, -0.2) is 30.8 Å². The average molecular weight is 430 g/mol. The fraction of sp³-hybridized carbons (Fsp3) is 0. The van der Waals surface area contributed by atoms with Crippen molar-refractivity contribution < 1.29 is 4.79 Å². The first-order chi connectivity index (χ1) is 16.3. The van der Waals surface area contributed by atoms with Crippen LogP contribution in [0.3, 0.4) is 0 Å². The van der Waals surface area contributed by atoms with E-state index >= 15 is 0 Å². The summed E-state index contributed by atoms with van der Waals surface area (Å²) in [6.45, 7) is 0. The number of aromatic nitrogens is 5. The maximum Gasteiger partial charge on any atom is 0.255 e. The van der Waals surface area contributed by atoms with Crippen LogP contribution in [0.4, 0.5) is 5.69 Å². The molecule has 0 bridgehead atoms. The number of anilines is 1. The fourth-order valence-corrected chi connectivity index (χ4v) is 3.32. The Morgan fingerprint density at radius 2 is 1.06 bits per heavy atom. The van der Waals surface area contributed by atoms with Gasteiger partial charge < -0.3 is 5.32 Å². The molecule has 0 aliphatic rings. The number of nitrogens with zero attached hydrogens (tertiary/aromatic N) is 5. The zero-order valence-corrected chi connectivity index (χ0v) is 17.5. The molecule has 7 nitrogen and oxygen atoms in total. The Hall–Kier alpha value is -4.78. The number of amides is 1. The highest BCUT2D eigenvalue weighted by atomic mass is 16.1. The maximum absolute atomic E-state index is 13.1. The van der Waals surface area contributed by atoms with Crippen LogP contribution in [0.1, 0.15) is 10.4 Å². The molecule has 158 valence electrons. The number of carbonyl (C=O) groups is 1. The van der Waals surface area contributed by atoms with E-state index in [0.717, 1.165) is 0 Å². The van der Waals surface area contributed by atoms with Crippen LogP contribution in [-0.2, 0) is 0 Å². The third-order valence-electron chi connectivity index (χ3n) is 4.89. The van der Waals surface area contributed by atoms with E-state index in [1.165, 1.54) is 0 Å². The highest BCUT2D eigenvalue weighted by Gasteiger charge is 2.13. The minimum atomic E-state index is -0.264. The number of hydrogen-bond acceptors (Lipinski definition) is 6. The Morgan fingerprint density at radius 1 is 0.545 bits per heavy atom. The highest BCUT2D eigenvalue weighted by molar-refractivity contribution is 6.05. The fourth-order valence-electron chi connectivity index (χ4n) is 3.32. The second-order valence-electron chi connectivity index (χ2n) is 7.16. The van der Waals surface area contributed by atoms with Crippen LogP contribution in [0, 0.1) is 0 Å². The van der Waals surface area contributed by atoms with Crippen LogP contribution < -0.4 is 5.32 Å². The summed E-state index contributed by atoms with van der Waals surface area (Å²) in [6.07, 6.45) is 6.71. The van der Waals surface area contributed by atoms with E-state index in [9.17, 15) is 4.79 Å². The highest BCUT2D eigenvalue weighted by Crippen LogP contribution is 2.26. The van der Waals surface area contributed by atoms with E-state index in [1.807, 2.05) is 54.6 Å². The molecule has 0 radical (unpaired) electrons. The monoisotopic (exact) mass is 430 g/mol. The molecule has 1 N–H and O–H groups in total. The van der Waals surface area contributed by atoms with Crippen LogP contribution in [0.25, 0.3) is 34.2 Å². The topological polar surface area (TPSA) is 93.6 Å². The predicted molar refractivity (Wildman–Crippen MR) is 126 cm³/mol. The number of nitrogens with one attached hydrogen (secondary N) is 1. The van der Waals surface area contributed by atoms with E-state index in [-0.39, 0.29) is 5.91 Å². The van der Waals surface area contributed by atoms with Gasteiger partial charge in [-0.05, 0) is 60.7 Å². The van der Waals surface area contributed by atoms with Gasteiger partial charge in [-0.15, -0.1) is 0 Å². The third kappa shape index (κ3) is 4.62. The Labute approximate surface area is 190 Å². The first kappa shape index (κ1) is 20.1. The summed E-state index contributed by atoms with van der Waals surface area (Å²) in [4.78, 5) is 35.2. The number of carbonyl (C=O) groups excluding carboxylic acids is 1. The molecular formula is C26H18N6O. The summed E-state index contributed by atoms with van der Waals surface area (Å²) in [6, 6.07) is 23.8. The largest absolute Gasteiger partial charge is 0.322 e. The molecule has 0 aromatic carbocycles. The van der Waals surface area contributed by atoms with Gasteiger partial charge >= 0.3 is 0 Å². The summed E-state index contributed by atoms with van der Waals surface area (Å²) in [5.41, 5.74) is 5.07. The van der Waals surface area contributed by atoms with Crippen molar-refractivity contribution in [1.29, 1.82) is 0 Å². The molecule has 7 heteroatoms. The van der Waals surface area contributed by atoms with Crippen molar-refractivity contribution in [3.63, 3.8) is 0 Å². The Kier molecular flexibility index (Phi) is 5.59. The molecule has 5 rings (SSSR count).